The van der Waals surface area contributed by atoms with Crippen LogP contribution in [0.3, 0.4) is 0 Å². The lowest BCUT2D eigenvalue weighted by Gasteiger charge is -2.36. The number of halogens is 1. The van der Waals surface area contributed by atoms with Crippen LogP contribution >= 0.6 is 22.9 Å². The maximum Gasteiger partial charge on any atom is 0.293 e. The van der Waals surface area contributed by atoms with Crippen molar-refractivity contribution in [3.8, 4) is 0 Å². The first-order valence-electron chi connectivity index (χ1n) is 9.66. The summed E-state index contributed by atoms with van der Waals surface area (Å²) < 4.78 is 5.07. The summed E-state index contributed by atoms with van der Waals surface area (Å²) in [5.41, 5.74) is 1.88. The summed E-state index contributed by atoms with van der Waals surface area (Å²) in [6.07, 6.45) is 2.38. The second-order valence-electron chi connectivity index (χ2n) is 6.92. The lowest BCUT2D eigenvalue weighted by atomic mass is 10.2. The zero-order chi connectivity index (χ0) is 20.9. The number of hydrogen-bond acceptors (Lipinski definition) is 6. The Bertz CT molecular complexity index is 1010. The second kappa shape index (κ2) is 9.32. The van der Waals surface area contributed by atoms with Gasteiger partial charge in [-0.25, -0.2) is 4.98 Å². The van der Waals surface area contributed by atoms with E-state index in [0.29, 0.717) is 36.1 Å². The molecule has 4 rings (SSSR count). The van der Waals surface area contributed by atoms with E-state index >= 15 is 0 Å². The minimum Gasteiger partial charge on any atom is -0.459 e. The number of piperazine rings is 1. The summed E-state index contributed by atoms with van der Waals surface area (Å²) in [7, 11) is 0. The fraction of sp³-hybridized carbons (Fsp3) is 0.286. The van der Waals surface area contributed by atoms with Crippen LogP contribution in [0.5, 0.6) is 0 Å². The van der Waals surface area contributed by atoms with Crippen LogP contribution in [0.4, 0.5) is 10.8 Å². The number of amides is 2. The Balaban J connectivity index is 1.23. The summed E-state index contributed by atoms with van der Waals surface area (Å²) in [4.78, 5) is 33.1. The highest BCUT2D eigenvalue weighted by molar-refractivity contribution is 7.13. The third kappa shape index (κ3) is 5.01. The second-order valence-corrected chi connectivity index (χ2v) is 8.22. The van der Waals surface area contributed by atoms with Gasteiger partial charge >= 0.3 is 0 Å². The van der Waals surface area contributed by atoms with Gasteiger partial charge < -0.3 is 14.2 Å². The van der Waals surface area contributed by atoms with Gasteiger partial charge in [0.05, 0.1) is 12.0 Å². The molecule has 1 aliphatic rings. The van der Waals surface area contributed by atoms with E-state index in [-0.39, 0.29) is 17.6 Å². The molecule has 0 bridgehead atoms. The van der Waals surface area contributed by atoms with Gasteiger partial charge in [0.25, 0.3) is 5.91 Å². The highest BCUT2D eigenvalue weighted by Gasteiger charge is 2.21. The molecule has 0 saturated carbocycles. The summed E-state index contributed by atoms with van der Waals surface area (Å²) in [6.45, 7) is 2.94. The predicted molar refractivity (Wildman–Crippen MR) is 117 cm³/mol. The first-order chi connectivity index (χ1) is 14.6. The summed E-state index contributed by atoms with van der Waals surface area (Å²) in [5.74, 6) is 0.0170. The number of anilines is 2. The lowest BCUT2D eigenvalue weighted by molar-refractivity contribution is -0.131. The molecule has 9 heteroatoms. The molecule has 1 fully saturated rings. The molecule has 7 nitrogen and oxygen atoms in total. The van der Waals surface area contributed by atoms with Crippen LogP contribution in [0.2, 0.25) is 5.02 Å². The molecule has 3 heterocycles. The number of carbonyl (C=O) groups is 2. The van der Waals surface area contributed by atoms with Crippen LogP contribution in [-0.2, 0) is 11.2 Å². The number of benzene rings is 1. The van der Waals surface area contributed by atoms with Gasteiger partial charge in [-0.15, -0.1) is 11.3 Å². The average Bonchev–Trinajstić information content (AvgIpc) is 3.44. The topological polar surface area (TPSA) is 78.7 Å². The summed E-state index contributed by atoms with van der Waals surface area (Å²) >= 11 is 7.41. The molecular formula is C21H21ClN4O3S. The standard InChI is InChI=1S/C21H21ClN4O3S/c22-15-3-1-4-17(13-15)25-8-10-26(11-9-25)19(27)7-6-16-14-30-21(23-16)24-20(28)18-5-2-12-29-18/h1-5,12-14H,6-11H2,(H,23,24,28). The molecule has 1 aromatic carbocycles. The van der Waals surface area contributed by atoms with Gasteiger partial charge in [0.15, 0.2) is 10.9 Å². The number of nitrogens with one attached hydrogen (secondary N) is 1. The normalized spacial score (nSPS) is 14.0. The highest BCUT2D eigenvalue weighted by Crippen LogP contribution is 2.22. The average molecular weight is 445 g/mol. The Morgan fingerprint density at radius 2 is 2.00 bits per heavy atom. The van der Waals surface area contributed by atoms with Crippen molar-refractivity contribution in [2.24, 2.45) is 0 Å². The van der Waals surface area contributed by atoms with Crippen molar-refractivity contribution in [3.05, 3.63) is 64.5 Å². The van der Waals surface area contributed by atoms with Crippen molar-refractivity contribution in [1.29, 1.82) is 0 Å². The van der Waals surface area contributed by atoms with Crippen LogP contribution < -0.4 is 10.2 Å². The first kappa shape index (κ1) is 20.4. The summed E-state index contributed by atoms with van der Waals surface area (Å²) in [6, 6.07) is 11.0. The monoisotopic (exact) mass is 444 g/mol. The molecule has 0 radical (unpaired) electrons. The maximum atomic E-state index is 12.6. The number of furan rings is 1. The molecule has 3 aromatic rings. The third-order valence-corrected chi connectivity index (χ3v) is 5.96. The summed E-state index contributed by atoms with van der Waals surface area (Å²) in [5, 5.41) is 5.78. The number of aryl methyl sites for hydroxylation is 1. The largest absolute Gasteiger partial charge is 0.459 e. The smallest absolute Gasteiger partial charge is 0.293 e. The maximum absolute atomic E-state index is 12.6. The van der Waals surface area contributed by atoms with E-state index in [1.54, 1.807) is 12.1 Å². The van der Waals surface area contributed by atoms with Crippen LogP contribution in [0.15, 0.2) is 52.5 Å². The molecule has 2 amide bonds. The van der Waals surface area contributed by atoms with Crippen molar-refractivity contribution in [3.63, 3.8) is 0 Å². The number of thiazole rings is 1. The highest BCUT2D eigenvalue weighted by atomic mass is 35.5. The Labute approximate surface area is 183 Å². The van der Waals surface area contributed by atoms with Gasteiger partial charge in [0.2, 0.25) is 5.91 Å². The van der Waals surface area contributed by atoms with E-state index in [9.17, 15) is 9.59 Å². The van der Waals surface area contributed by atoms with E-state index in [0.717, 1.165) is 24.5 Å². The van der Waals surface area contributed by atoms with Gasteiger partial charge in [0, 0.05) is 48.7 Å². The number of nitrogens with zero attached hydrogens (tertiary/aromatic N) is 3. The van der Waals surface area contributed by atoms with Crippen LogP contribution in [0.25, 0.3) is 0 Å². The molecule has 1 N–H and O–H groups in total. The molecule has 0 aliphatic carbocycles. The molecule has 0 spiro atoms. The third-order valence-electron chi connectivity index (χ3n) is 4.92. The SMILES string of the molecule is O=C(Nc1nc(CCC(=O)N2CCN(c3cccc(Cl)c3)CC2)cs1)c1ccco1. The zero-order valence-corrected chi connectivity index (χ0v) is 17.8. The van der Waals surface area contributed by atoms with Crippen LogP contribution in [0.1, 0.15) is 22.7 Å². The van der Waals surface area contributed by atoms with E-state index < -0.39 is 0 Å². The molecule has 30 heavy (non-hydrogen) atoms. The predicted octanol–water partition coefficient (Wildman–Crippen LogP) is 3.92. The van der Waals surface area contributed by atoms with E-state index in [4.69, 9.17) is 16.0 Å². The number of carbonyl (C=O) groups excluding carboxylic acids is 2. The zero-order valence-electron chi connectivity index (χ0n) is 16.2. The van der Waals surface area contributed by atoms with Crippen LogP contribution in [0, 0.1) is 0 Å². The fourth-order valence-electron chi connectivity index (χ4n) is 3.33. The van der Waals surface area contributed by atoms with Gasteiger partial charge in [-0.05, 0) is 36.8 Å². The first-order valence-corrected chi connectivity index (χ1v) is 10.9. The lowest BCUT2D eigenvalue weighted by Crippen LogP contribution is -2.48. The molecule has 1 saturated heterocycles. The molecular weight excluding hydrogens is 424 g/mol. The number of hydrogen-bond donors (Lipinski definition) is 1. The Morgan fingerprint density at radius 1 is 1.17 bits per heavy atom. The van der Waals surface area contributed by atoms with Gasteiger partial charge in [0.1, 0.15) is 0 Å². The van der Waals surface area contributed by atoms with Gasteiger partial charge in [-0.3, -0.25) is 14.9 Å². The quantitative estimate of drug-likeness (QED) is 0.623. The molecule has 0 atom stereocenters. The Hall–Kier alpha value is -2.84. The minimum absolute atomic E-state index is 0.120. The van der Waals surface area contributed by atoms with Crippen molar-refractivity contribution in [1.82, 2.24) is 9.88 Å². The molecule has 1 aliphatic heterocycles. The van der Waals surface area contributed by atoms with E-state index in [2.05, 4.69) is 15.2 Å². The van der Waals surface area contributed by atoms with Crippen molar-refractivity contribution in [2.75, 3.05) is 36.4 Å². The fourth-order valence-corrected chi connectivity index (χ4v) is 4.25. The number of aromatic nitrogens is 1. The molecule has 0 unspecified atom stereocenters. The van der Waals surface area contributed by atoms with Crippen molar-refractivity contribution >= 4 is 45.6 Å². The molecule has 156 valence electrons. The Kier molecular flexibility index (Phi) is 6.35. The van der Waals surface area contributed by atoms with Gasteiger partial charge in [-0.1, -0.05) is 17.7 Å². The van der Waals surface area contributed by atoms with Gasteiger partial charge in [-0.2, -0.15) is 0 Å². The minimum atomic E-state index is -0.338. The van der Waals surface area contributed by atoms with Crippen LogP contribution in [-0.4, -0.2) is 47.9 Å². The van der Waals surface area contributed by atoms with E-state index in [1.165, 1.54) is 17.6 Å². The molecule has 2 aromatic heterocycles. The number of rotatable bonds is 6. The van der Waals surface area contributed by atoms with Crippen molar-refractivity contribution in [2.45, 2.75) is 12.8 Å². The Morgan fingerprint density at radius 3 is 2.73 bits per heavy atom. The van der Waals surface area contributed by atoms with E-state index in [1.807, 2.05) is 34.5 Å². The van der Waals surface area contributed by atoms with Crippen molar-refractivity contribution < 1.29 is 14.0 Å².